The van der Waals surface area contributed by atoms with Gasteiger partial charge in [-0.05, 0) is 39.5 Å². The van der Waals surface area contributed by atoms with Gasteiger partial charge in [0.15, 0.2) is 0 Å². The van der Waals surface area contributed by atoms with Gasteiger partial charge in [-0.1, -0.05) is 19.0 Å². The molecule has 0 aromatic carbocycles. The maximum absolute atomic E-state index is 13.0. The van der Waals surface area contributed by atoms with Gasteiger partial charge >= 0.3 is 0 Å². The summed E-state index contributed by atoms with van der Waals surface area (Å²) in [4.78, 5) is 14.9. The number of hydrogen-bond acceptors (Lipinski definition) is 4. The SMILES string of the molecule is Cc1cc([C@H]2CCCN2C(=O)Cc2c(C)nn(CC(C)C)c2C)no1. The Morgan fingerprint density at radius 1 is 1.36 bits per heavy atom. The normalized spacial score (nSPS) is 17.7. The molecule has 136 valence electrons. The highest BCUT2D eigenvalue weighted by molar-refractivity contribution is 5.80. The number of nitrogens with zero attached hydrogens (tertiary/aromatic N) is 4. The van der Waals surface area contributed by atoms with Crippen LogP contribution in [-0.4, -0.2) is 32.3 Å². The average Bonchev–Trinajstić information content (AvgIpc) is 3.23. The van der Waals surface area contributed by atoms with Crippen molar-refractivity contribution < 1.29 is 9.32 Å². The molecule has 0 unspecified atom stereocenters. The highest BCUT2D eigenvalue weighted by atomic mass is 16.5. The van der Waals surface area contributed by atoms with Crippen LogP contribution in [0.5, 0.6) is 0 Å². The second kappa shape index (κ2) is 7.02. The van der Waals surface area contributed by atoms with Crippen molar-refractivity contribution in [1.29, 1.82) is 0 Å². The van der Waals surface area contributed by atoms with Crippen molar-refractivity contribution >= 4 is 5.91 Å². The number of carbonyl (C=O) groups is 1. The van der Waals surface area contributed by atoms with Gasteiger partial charge in [-0.15, -0.1) is 0 Å². The van der Waals surface area contributed by atoms with Gasteiger partial charge in [-0.2, -0.15) is 5.10 Å². The van der Waals surface area contributed by atoms with Crippen molar-refractivity contribution in [3.63, 3.8) is 0 Å². The Morgan fingerprint density at radius 3 is 2.76 bits per heavy atom. The molecule has 1 saturated heterocycles. The van der Waals surface area contributed by atoms with Crippen LogP contribution < -0.4 is 0 Å². The molecular weight excluding hydrogens is 316 g/mol. The van der Waals surface area contributed by atoms with E-state index < -0.39 is 0 Å². The molecule has 2 aromatic rings. The van der Waals surface area contributed by atoms with E-state index in [0.29, 0.717) is 12.3 Å². The minimum atomic E-state index is 0.0382. The molecule has 1 amide bonds. The lowest BCUT2D eigenvalue weighted by Gasteiger charge is -2.23. The topological polar surface area (TPSA) is 64.2 Å². The number of aromatic nitrogens is 3. The monoisotopic (exact) mass is 344 g/mol. The molecule has 1 fully saturated rings. The third-order valence-corrected chi connectivity index (χ3v) is 4.96. The summed E-state index contributed by atoms with van der Waals surface area (Å²) in [7, 11) is 0. The van der Waals surface area contributed by atoms with Crippen LogP contribution in [0.2, 0.25) is 0 Å². The Morgan fingerprint density at radius 2 is 2.12 bits per heavy atom. The van der Waals surface area contributed by atoms with E-state index in [1.165, 1.54) is 0 Å². The molecule has 0 N–H and O–H groups in total. The van der Waals surface area contributed by atoms with Gasteiger partial charge in [0.2, 0.25) is 5.91 Å². The van der Waals surface area contributed by atoms with E-state index in [-0.39, 0.29) is 11.9 Å². The van der Waals surface area contributed by atoms with Gasteiger partial charge in [-0.25, -0.2) is 0 Å². The molecule has 0 saturated carbocycles. The molecule has 25 heavy (non-hydrogen) atoms. The maximum Gasteiger partial charge on any atom is 0.227 e. The lowest BCUT2D eigenvalue weighted by molar-refractivity contribution is -0.131. The van der Waals surface area contributed by atoms with Crippen LogP contribution in [0.1, 0.15) is 61.1 Å². The quantitative estimate of drug-likeness (QED) is 0.834. The van der Waals surface area contributed by atoms with Crippen LogP contribution in [0.15, 0.2) is 10.6 Å². The predicted octanol–water partition coefficient (Wildman–Crippen LogP) is 3.36. The molecule has 3 rings (SSSR count). The van der Waals surface area contributed by atoms with Crippen molar-refractivity contribution in [2.45, 2.75) is 66.5 Å². The summed E-state index contributed by atoms with van der Waals surface area (Å²) >= 11 is 0. The Hall–Kier alpha value is -2.11. The molecule has 0 aliphatic carbocycles. The van der Waals surface area contributed by atoms with E-state index in [2.05, 4.69) is 31.0 Å². The standard InChI is InChI=1S/C19H28N4O2/c1-12(2)11-23-15(5)16(14(4)20-23)10-19(24)22-8-6-7-18(22)17-9-13(3)25-21-17/h9,12,18H,6-8,10-11H2,1-5H3/t18-/m1/s1. The van der Waals surface area contributed by atoms with E-state index in [1.807, 2.05) is 29.5 Å². The smallest absolute Gasteiger partial charge is 0.227 e. The molecule has 6 heteroatoms. The first kappa shape index (κ1) is 17.7. The number of carbonyl (C=O) groups excluding carboxylic acids is 1. The van der Waals surface area contributed by atoms with Gasteiger partial charge in [0.1, 0.15) is 11.5 Å². The van der Waals surface area contributed by atoms with E-state index in [0.717, 1.165) is 54.3 Å². The second-order valence-electron chi connectivity index (χ2n) is 7.51. The van der Waals surface area contributed by atoms with Crippen LogP contribution in [-0.2, 0) is 17.8 Å². The zero-order valence-corrected chi connectivity index (χ0v) is 15.9. The molecule has 0 bridgehead atoms. The molecule has 3 heterocycles. The first-order chi connectivity index (χ1) is 11.9. The fraction of sp³-hybridized carbons (Fsp3) is 0.632. The third-order valence-electron chi connectivity index (χ3n) is 4.96. The van der Waals surface area contributed by atoms with Crippen LogP contribution in [0.4, 0.5) is 0 Å². The summed E-state index contributed by atoms with van der Waals surface area (Å²) in [5.74, 6) is 1.47. The largest absolute Gasteiger partial charge is 0.361 e. The van der Waals surface area contributed by atoms with Gasteiger partial charge in [-0.3, -0.25) is 9.48 Å². The van der Waals surface area contributed by atoms with Crippen molar-refractivity contribution in [1.82, 2.24) is 19.8 Å². The van der Waals surface area contributed by atoms with Crippen LogP contribution in [0, 0.1) is 26.7 Å². The predicted molar refractivity (Wildman–Crippen MR) is 95.2 cm³/mol. The van der Waals surface area contributed by atoms with Crippen LogP contribution in [0.25, 0.3) is 0 Å². The summed E-state index contributed by atoms with van der Waals surface area (Å²) in [6.07, 6.45) is 2.36. The van der Waals surface area contributed by atoms with Crippen LogP contribution in [0.3, 0.4) is 0 Å². The number of hydrogen-bond donors (Lipinski definition) is 0. The van der Waals surface area contributed by atoms with E-state index in [9.17, 15) is 4.79 Å². The first-order valence-corrected chi connectivity index (χ1v) is 9.12. The Bertz CT molecular complexity index is 760. The zero-order chi connectivity index (χ0) is 18.1. The van der Waals surface area contributed by atoms with E-state index in [1.54, 1.807) is 0 Å². The number of amides is 1. The molecule has 1 atom stereocenters. The molecular formula is C19H28N4O2. The van der Waals surface area contributed by atoms with Gasteiger partial charge in [0, 0.05) is 30.4 Å². The van der Waals surface area contributed by atoms with Gasteiger partial charge in [0.25, 0.3) is 0 Å². The summed E-state index contributed by atoms with van der Waals surface area (Å²) in [5, 5.41) is 8.75. The average molecular weight is 344 g/mol. The number of aryl methyl sites for hydroxylation is 2. The Labute approximate surface area is 149 Å². The van der Waals surface area contributed by atoms with Gasteiger partial charge < -0.3 is 9.42 Å². The molecule has 6 nitrogen and oxygen atoms in total. The van der Waals surface area contributed by atoms with Crippen molar-refractivity contribution in [3.05, 3.63) is 34.5 Å². The minimum Gasteiger partial charge on any atom is -0.361 e. The third kappa shape index (κ3) is 3.62. The van der Waals surface area contributed by atoms with Crippen LogP contribution >= 0.6 is 0 Å². The summed E-state index contributed by atoms with van der Waals surface area (Å²) in [6, 6.07) is 1.98. The van der Waals surface area contributed by atoms with E-state index in [4.69, 9.17) is 4.52 Å². The fourth-order valence-electron chi connectivity index (χ4n) is 3.68. The first-order valence-electron chi connectivity index (χ1n) is 9.12. The summed E-state index contributed by atoms with van der Waals surface area (Å²) < 4.78 is 7.23. The minimum absolute atomic E-state index is 0.0382. The molecule has 0 spiro atoms. The lowest BCUT2D eigenvalue weighted by Crippen LogP contribution is -2.32. The Kier molecular flexibility index (Phi) is 4.97. The number of rotatable bonds is 5. The molecule has 1 aliphatic heterocycles. The zero-order valence-electron chi connectivity index (χ0n) is 15.9. The molecule has 1 aliphatic rings. The van der Waals surface area contributed by atoms with Crippen molar-refractivity contribution in [3.8, 4) is 0 Å². The highest BCUT2D eigenvalue weighted by Crippen LogP contribution is 2.32. The number of likely N-dealkylation sites (tertiary alicyclic amines) is 1. The van der Waals surface area contributed by atoms with Gasteiger partial charge in [0.05, 0.1) is 18.2 Å². The second-order valence-corrected chi connectivity index (χ2v) is 7.51. The Balaban J connectivity index is 1.77. The molecule has 2 aromatic heterocycles. The maximum atomic E-state index is 13.0. The van der Waals surface area contributed by atoms with Crippen molar-refractivity contribution in [2.24, 2.45) is 5.92 Å². The fourth-order valence-corrected chi connectivity index (χ4v) is 3.68. The van der Waals surface area contributed by atoms with Crippen molar-refractivity contribution in [2.75, 3.05) is 6.54 Å². The summed E-state index contributed by atoms with van der Waals surface area (Å²) in [6.45, 7) is 12.0. The van der Waals surface area contributed by atoms with E-state index >= 15 is 0 Å². The lowest BCUT2D eigenvalue weighted by atomic mass is 10.1. The summed E-state index contributed by atoms with van der Waals surface area (Å²) in [5.41, 5.74) is 3.99. The molecule has 0 radical (unpaired) electrons. The highest BCUT2D eigenvalue weighted by Gasteiger charge is 2.32.